The van der Waals surface area contributed by atoms with Crippen molar-refractivity contribution in [1.29, 1.82) is 0 Å². The Hall–Kier alpha value is -2.51. The normalized spacial score (nSPS) is 11.4. The topological polar surface area (TPSA) is 71.8 Å². The van der Waals surface area contributed by atoms with Crippen LogP contribution in [0.2, 0.25) is 5.02 Å². The summed E-state index contributed by atoms with van der Waals surface area (Å²) >= 11 is 7.89. The van der Waals surface area contributed by atoms with Crippen LogP contribution in [0, 0.1) is 13.8 Å². The lowest BCUT2D eigenvalue weighted by molar-refractivity contribution is 0.231. The molecule has 31 heavy (non-hydrogen) atoms. The van der Waals surface area contributed by atoms with Gasteiger partial charge in [0.25, 0.3) is 0 Å². The van der Waals surface area contributed by atoms with Crippen LogP contribution in [0.15, 0.2) is 47.6 Å². The fourth-order valence-electron chi connectivity index (χ4n) is 3.07. The highest BCUT2D eigenvalue weighted by Gasteiger charge is 2.19. The van der Waals surface area contributed by atoms with Gasteiger partial charge in [-0.25, -0.2) is 4.79 Å². The highest BCUT2D eigenvalue weighted by atomic mass is 35.5. The number of hydrogen-bond donors (Lipinski definition) is 2. The van der Waals surface area contributed by atoms with Gasteiger partial charge in [-0.15, -0.1) is 10.2 Å². The second-order valence-corrected chi connectivity index (χ2v) is 9.88. The van der Waals surface area contributed by atoms with E-state index in [1.807, 2.05) is 50.5 Å². The van der Waals surface area contributed by atoms with Gasteiger partial charge < -0.3 is 10.6 Å². The molecule has 2 aromatic carbocycles. The molecule has 0 atom stereocenters. The molecule has 6 nitrogen and oxygen atoms in total. The molecule has 0 bridgehead atoms. The van der Waals surface area contributed by atoms with E-state index < -0.39 is 0 Å². The monoisotopic (exact) mass is 457 g/mol. The summed E-state index contributed by atoms with van der Waals surface area (Å²) in [6.45, 7) is 10.1. The molecule has 0 saturated carbocycles. The Labute approximate surface area is 192 Å². The van der Waals surface area contributed by atoms with Crippen molar-refractivity contribution in [2.45, 2.75) is 57.6 Å². The van der Waals surface area contributed by atoms with E-state index in [1.165, 1.54) is 11.1 Å². The molecule has 2 amide bonds. The molecule has 0 aliphatic rings. The number of aryl methyl sites for hydroxylation is 2. The Kier molecular flexibility index (Phi) is 7.28. The minimum absolute atomic E-state index is 0.242. The Morgan fingerprint density at radius 3 is 2.61 bits per heavy atom. The van der Waals surface area contributed by atoms with Crippen molar-refractivity contribution < 1.29 is 4.79 Å². The summed E-state index contributed by atoms with van der Waals surface area (Å²) in [6, 6.07) is 13.9. The molecule has 2 N–H and O–H groups in total. The van der Waals surface area contributed by atoms with Crippen LogP contribution in [0.3, 0.4) is 0 Å². The largest absolute Gasteiger partial charge is 0.334 e. The number of nitrogens with zero attached hydrogens (tertiary/aromatic N) is 3. The number of amides is 2. The van der Waals surface area contributed by atoms with E-state index >= 15 is 0 Å². The Morgan fingerprint density at radius 2 is 1.90 bits per heavy atom. The van der Waals surface area contributed by atoms with E-state index in [-0.39, 0.29) is 18.1 Å². The van der Waals surface area contributed by atoms with Crippen LogP contribution in [0.5, 0.6) is 0 Å². The molecule has 1 aromatic heterocycles. The van der Waals surface area contributed by atoms with Crippen molar-refractivity contribution in [3.05, 3.63) is 70.0 Å². The number of aromatic nitrogens is 3. The number of carbonyl (C=O) groups is 1. The standard InChI is InChI=1S/C23H28ClN5OS/c1-15-7-6-8-17(11-15)14-31-22-28-27-20(13-25-21(30)26-23(3,4)5)29(22)19-12-18(24)10-9-16(19)2/h6-12H,13-14H2,1-5H3,(H2,25,26,30). The molecule has 0 aliphatic carbocycles. The van der Waals surface area contributed by atoms with Gasteiger partial charge in [-0.1, -0.05) is 59.3 Å². The van der Waals surface area contributed by atoms with Crippen molar-refractivity contribution in [1.82, 2.24) is 25.4 Å². The van der Waals surface area contributed by atoms with Crippen LogP contribution in [0.4, 0.5) is 4.79 Å². The van der Waals surface area contributed by atoms with Gasteiger partial charge in [0.15, 0.2) is 11.0 Å². The number of rotatable bonds is 6. The average Bonchev–Trinajstić information content (AvgIpc) is 3.08. The van der Waals surface area contributed by atoms with Crippen LogP contribution in [-0.2, 0) is 12.3 Å². The summed E-state index contributed by atoms with van der Waals surface area (Å²) in [7, 11) is 0. The smallest absolute Gasteiger partial charge is 0.315 e. The first-order valence-electron chi connectivity index (χ1n) is 10.1. The SMILES string of the molecule is Cc1cccc(CSc2nnc(CNC(=O)NC(C)(C)C)n2-c2cc(Cl)ccc2C)c1. The minimum atomic E-state index is -0.323. The lowest BCUT2D eigenvalue weighted by Crippen LogP contribution is -2.46. The fraction of sp³-hybridized carbons (Fsp3) is 0.348. The Morgan fingerprint density at radius 1 is 1.13 bits per heavy atom. The number of urea groups is 1. The van der Waals surface area contributed by atoms with Crippen molar-refractivity contribution in [3.63, 3.8) is 0 Å². The summed E-state index contributed by atoms with van der Waals surface area (Å²) < 4.78 is 1.97. The molecule has 0 fully saturated rings. The summed E-state index contributed by atoms with van der Waals surface area (Å²) in [6.07, 6.45) is 0. The van der Waals surface area contributed by atoms with Crippen molar-refractivity contribution in [2.24, 2.45) is 0 Å². The van der Waals surface area contributed by atoms with E-state index in [9.17, 15) is 4.79 Å². The van der Waals surface area contributed by atoms with E-state index in [0.29, 0.717) is 10.8 Å². The zero-order chi connectivity index (χ0) is 22.6. The first-order valence-corrected chi connectivity index (χ1v) is 11.4. The van der Waals surface area contributed by atoms with Gasteiger partial charge in [0.1, 0.15) is 0 Å². The predicted octanol–water partition coefficient (Wildman–Crippen LogP) is 5.43. The van der Waals surface area contributed by atoms with Crippen LogP contribution in [0.25, 0.3) is 5.69 Å². The van der Waals surface area contributed by atoms with Crippen LogP contribution in [-0.4, -0.2) is 26.3 Å². The van der Waals surface area contributed by atoms with Crippen LogP contribution in [0.1, 0.15) is 43.3 Å². The van der Waals surface area contributed by atoms with E-state index in [0.717, 1.165) is 22.2 Å². The van der Waals surface area contributed by atoms with Crippen molar-refractivity contribution >= 4 is 29.4 Å². The summed E-state index contributed by atoms with van der Waals surface area (Å²) in [5.74, 6) is 1.40. The molecular weight excluding hydrogens is 430 g/mol. The van der Waals surface area contributed by atoms with Gasteiger partial charge >= 0.3 is 6.03 Å². The van der Waals surface area contributed by atoms with E-state index in [1.54, 1.807) is 11.8 Å². The van der Waals surface area contributed by atoms with Gasteiger partial charge in [0, 0.05) is 16.3 Å². The van der Waals surface area contributed by atoms with Gasteiger partial charge in [0.05, 0.1) is 12.2 Å². The van der Waals surface area contributed by atoms with Gasteiger partial charge in [-0.2, -0.15) is 0 Å². The van der Waals surface area contributed by atoms with Gasteiger partial charge in [-0.05, 0) is 57.9 Å². The molecule has 8 heteroatoms. The van der Waals surface area contributed by atoms with Crippen LogP contribution >= 0.6 is 23.4 Å². The molecule has 0 unspecified atom stereocenters. The highest BCUT2D eigenvalue weighted by molar-refractivity contribution is 7.98. The average molecular weight is 458 g/mol. The van der Waals surface area contributed by atoms with Crippen molar-refractivity contribution in [3.8, 4) is 5.69 Å². The first kappa shape index (κ1) is 23.2. The third-order valence-corrected chi connectivity index (χ3v) is 5.69. The zero-order valence-corrected chi connectivity index (χ0v) is 20.1. The first-order chi connectivity index (χ1) is 14.6. The second kappa shape index (κ2) is 9.75. The van der Waals surface area contributed by atoms with Gasteiger partial charge in [0.2, 0.25) is 0 Å². The molecule has 1 heterocycles. The third-order valence-electron chi connectivity index (χ3n) is 4.46. The Bertz CT molecular complexity index is 1070. The maximum atomic E-state index is 12.2. The quantitative estimate of drug-likeness (QED) is 0.484. The molecule has 0 radical (unpaired) electrons. The summed E-state index contributed by atoms with van der Waals surface area (Å²) in [5, 5.41) is 15.9. The van der Waals surface area contributed by atoms with Gasteiger partial charge in [-0.3, -0.25) is 4.57 Å². The number of benzene rings is 2. The number of hydrogen-bond acceptors (Lipinski definition) is 4. The van der Waals surface area contributed by atoms with E-state index in [2.05, 4.69) is 52.0 Å². The third kappa shape index (κ3) is 6.48. The van der Waals surface area contributed by atoms with E-state index in [4.69, 9.17) is 11.6 Å². The van der Waals surface area contributed by atoms with Crippen LogP contribution < -0.4 is 10.6 Å². The molecule has 0 aliphatic heterocycles. The molecule has 3 rings (SSSR count). The zero-order valence-electron chi connectivity index (χ0n) is 18.5. The number of halogens is 1. The Balaban J connectivity index is 1.88. The minimum Gasteiger partial charge on any atom is -0.334 e. The summed E-state index contributed by atoms with van der Waals surface area (Å²) in [5.41, 5.74) is 4.06. The molecule has 0 saturated heterocycles. The maximum Gasteiger partial charge on any atom is 0.315 e. The van der Waals surface area contributed by atoms with Crippen molar-refractivity contribution in [2.75, 3.05) is 0 Å². The number of thioether (sulfide) groups is 1. The molecule has 3 aromatic rings. The fourth-order valence-corrected chi connectivity index (χ4v) is 4.14. The number of carbonyl (C=O) groups excluding carboxylic acids is 1. The highest BCUT2D eigenvalue weighted by Crippen LogP contribution is 2.28. The lowest BCUT2D eigenvalue weighted by Gasteiger charge is -2.21. The maximum absolute atomic E-state index is 12.2. The molecule has 0 spiro atoms. The predicted molar refractivity (Wildman–Crippen MR) is 127 cm³/mol. The summed E-state index contributed by atoms with van der Waals surface area (Å²) in [4.78, 5) is 12.2. The second-order valence-electron chi connectivity index (χ2n) is 8.50. The number of nitrogens with one attached hydrogen (secondary N) is 2. The molecular formula is C23H28ClN5OS. The molecule has 164 valence electrons. The lowest BCUT2D eigenvalue weighted by atomic mass is 10.1.